The summed E-state index contributed by atoms with van der Waals surface area (Å²) in [6, 6.07) is 5.35. The summed E-state index contributed by atoms with van der Waals surface area (Å²) in [5, 5.41) is 3.41. The van der Waals surface area contributed by atoms with E-state index in [4.69, 9.17) is 11.6 Å². The molecule has 0 bridgehead atoms. The van der Waals surface area contributed by atoms with Gasteiger partial charge < -0.3 is 15.1 Å². The van der Waals surface area contributed by atoms with E-state index >= 15 is 0 Å². The number of aromatic nitrogens is 2. The predicted octanol–water partition coefficient (Wildman–Crippen LogP) is 1.97. The molecule has 130 valence electrons. The molecule has 2 amide bonds. The number of piperazine rings is 1. The molecule has 25 heavy (non-hydrogen) atoms. The van der Waals surface area contributed by atoms with Crippen molar-refractivity contribution in [1.82, 2.24) is 14.9 Å². The van der Waals surface area contributed by atoms with E-state index in [2.05, 4.69) is 15.3 Å². The second-order valence-corrected chi connectivity index (χ2v) is 6.17. The molecule has 1 aromatic heterocycles. The smallest absolute Gasteiger partial charge is 0.258 e. The molecule has 2 heterocycles. The highest BCUT2D eigenvalue weighted by atomic mass is 35.5. The first kappa shape index (κ1) is 17.2. The third kappa shape index (κ3) is 3.88. The van der Waals surface area contributed by atoms with E-state index < -0.39 is 0 Å². The van der Waals surface area contributed by atoms with Gasteiger partial charge in [0, 0.05) is 49.3 Å². The van der Waals surface area contributed by atoms with Gasteiger partial charge in [0.1, 0.15) is 0 Å². The van der Waals surface area contributed by atoms with Gasteiger partial charge in [0.05, 0.1) is 5.56 Å². The van der Waals surface area contributed by atoms with Crippen molar-refractivity contribution in [2.24, 2.45) is 0 Å². The fourth-order valence-corrected chi connectivity index (χ4v) is 2.74. The second-order valence-electron chi connectivity index (χ2n) is 5.77. The molecular weight excluding hydrogens is 342 g/mol. The molecule has 1 aliphatic rings. The van der Waals surface area contributed by atoms with Gasteiger partial charge in [0.15, 0.2) is 0 Å². The van der Waals surface area contributed by atoms with Crippen LogP contribution in [0.25, 0.3) is 0 Å². The number of nitrogens with one attached hydrogen (secondary N) is 1. The lowest BCUT2D eigenvalue weighted by Crippen LogP contribution is -2.46. The van der Waals surface area contributed by atoms with Crippen LogP contribution in [0.3, 0.4) is 0 Å². The van der Waals surface area contributed by atoms with Crippen molar-refractivity contribution in [3.05, 3.63) is 46.7 Å². The zero-order chi connectivity index (χ0) is 17.8. The monoisotopic (exact) mass is 359 g/mol. The Balaban J connectivity index is 1.67. The normalized spacial score (nSPS) is 14.3. The Labute approximate surface area is 150 Å². The highest BCUT2D eigenvalue weighted by Gasteiger charge is 2.18. The van der Waals surface area contributed by atoms with Crippen molar-refractivity contribution in [3.63, 3.8) is 0 Å². The average molecular weight is 360 g/mol. The minimum Gasteiger partial charge on any atom is -0.342 e. The molecule has 1 saturated heterocycles. The number of hydrogen-bond donors (Lipinski definition) is 1. The molecule has 0 spiro atoms. The first-order valence-corrected chi connectivity index (χ1v) is 8.29. The maximum atomic E-state index is 12.4. The molecule has 0 aliphatic carbocycles. The van der Waals surface area contributed by atoms with Crippen molar-refractivity contribution < 1.29 is 9.59 Å². The van der Waals surface area contributed by atoms with Gasteiger partial charge in [-0.2, -0.15) is 0 Å². The maximum absolute atomic E-state index is 12.4. The summed E-state index contributed by atoms with van der Waals surface area (Å²) in [6.45, 7) is 4.47. The fraction of sp³-hybridized carbons (Fsp3) is 0.294. The number of carbonyl (C=O) groups is 2. The SMILES string of the molecule is Cc1c(Cl)cccc1NC(=O)c1cnc(N2CCN(C=O)CC2)nc1. The van der Waals surface area contributed by atoms with Gasteiger partial charge in [0.2, 0.25) is 12.4 Å². The topological polar surface area (TPSA) is 78.4 Å². The highest BCUT2D eigenvalue weighted by molar-refractivity contribution is 6.31. The summed E-state index contributed by atoms with van der Waals surface area (Å²) >= 11 is 6.06. The summed E-state index contributed by atoms with van der Waals surface area (Å²) in [7, 11) is 0. The van der Waals surface area contributed by atoms with Crippen LogP contribution >= 0.6 is 11.6 Å². The summed E-state index contributed by atoms with van der Waals surface area (Å²) < 4.78 is 0. The third-order valence-corrected chi connectivity index (χ3v) is 4.57. The largest absolute Gasteiger partial charge is 0.342 e. The van der Waals surface area contributed by atoms with Gasteiger partial charge in [-0.25, -0.2) is 9.97 Å². The van der Waals surface area contributed by atoms with Gasteiger partial charge >= 0.3 is 0 Å². The lowest BCUT2D eigenvalue weighted by molar-refractivity contribution is -0.118. The summed E-state index contributed by atoms with van der Waals surface area (Å²) in [5.41, 5.74) is 1.84. The van der Waals surface area contributed by atoms with Gasteiger partial charge in [-0.05, 0) is 24.6 Å². The Morgan fingerprint density at radius 1 is 1.20 bits per heavy atom. The van der Waals surface area contributed by atoms with Crippen LogP contribution in [-0.4, -0.2) is 53.4 Å². The Morgan fingerprint density at radius 3 is 2.52 bits per heavy atom. The van der Waals surface area contributed by atoms with Crippen LogP contribution in [0.4, 0.5) is 11.6 Å². The zero-order valence-electron chi connectivity index (χ0n) is 13.8. The highest BCUT2D eigenvalue weighted by Crippen LogP contribution is 2.23. The van der Waals surface area contributed by atoms with E-state index in [1.807, 2.05) is 11.8 Å². The first-order valence-electron chi connectivity index (χ1n) is 7.91. The van der Waals surface area contributed by atoms with Gasteiger partial charge in [-0.1, -0.05) is 17.7 Å². The number of benzene rings is 1. The van der Waals surface area contributed by atoms with Crippen molar-refractivity contribution in [1.29, 1.82) is 0 Å². The third-order valence-electron chi connectivity index (χ3n) is 4.16. The van der Waals surface area contributed by atoms with Crippen LogP contribution in [0, 0.1) is 6.92 Å². The van der Waals surface area contributed by atoms with E-state index in [0.29, 0.717) is 48.4 Å². The minimum atomic E-state index is -0.289. The first-order chi connectivity index (χ1) is 12.1. The number of nitrogens with zero attached hydrogens (tertiary/aromatic N) is 4. The summed E-state index contributed by atoms with van der Waals surface area (Å²) in [5.74, 6) is 0.267. The quantitative estimate of drug-likeness (QED) is 0.844. The lowest BCUT2D eigenvalue weighted by Gasteiger charge is -2.32. The molecular formula is C17H18ClN5O2. The number of carbonyl (C=O) groups excluding carboxylic acids is 2. The number of hydrogen-bond acceptors (Lipinski definition) is 5. The molecule has 8 heteroatoms. The van der Waals surface area contributed by atoms with Crippen LogP contribution < -0.4 is 10.2 Å². The van der Waals surface area contributed by atoms with Gasteiger partial charge in [-0.3, -0.25) is 9.59 Å². The van der Waals surface area contributed by atoms with E-state index in [1.54, 1.807) is 23.1 Å². The second kappa shape index (κ2) is 7.48. The zero-order valence-corrected chi connectivity index (χ0v) is 14.5. The number of halogens is 1. The van der Waals surface area contributed by atoms with Crippen molar-refractivity contribution in [2.75, 3.05) is 36.4 Å². The van der Waals surface area contributed by atoms with Crippen molar-refractivity contribution in [2.45, 2.75) is 6.92 Å². The molecule has 1 aromatic carbocycles. The molecule has 0 unspecified atom stereocenters. The van der Waals surface area contributed by atoms with Gasteiger partial charge in [0.25, 0.3) is 5.91 Å². The molecule has 7 nitrogen and oxygen atoms in total. The molecule has 1 N–H and O–H groups in total. The fourth-order valence-electron chi connectivity index (χ4n) is 2.57. The molecule has 0 saturated carbocycles. The molecule has 1 fully saturated rings. The Hall–Kier alpha value is -2.67. The van der Waals surface area contributed by atoms with E-state index in [1.165, 1.54) is 12.4 Å². The van der Waals surface area contributed by atoms with E-state index in [9.17, 15) is 9.59 Å². The Bertz CT molecular complexity index is 773. The predicted molar refractivity (Wildman–Crippen MR) is 96.0 cm³/mol. The van der Waals surface area contributed by atoms with Crippen molar-refractivity contribution in [3.8, 4) is 0 Å². The number of rotatable bonds is 4. The van der Waals surface area contributed by atoms with Gasteiger partial charge in [-0.15, -0.1) is 0 Å². The Morgan fingerprint density at radius 2 is 1.88 bits per heavy atom. The van der Waals surface area contributed by atoms with Crippen LogP contribution in [0.2, 0.25) is 5.02 Å². The molecule has 0 radical (unpaired) electrons. The summed E-state index contributed by atoms with van der Waals surface area (Å²) in [4.78, 5) is 35.4. The van der Waals surface area contributed by atoms with E-state index in [0.717, 1.165) is 12.0 Å². The maximum Gasteiger partial charge on any atom is 0.258 e. The standard InChI is InChI=1S/C17H18ClN5O2/c1-12-14(18)3-2-4-15(12)21-16(25)13-9-19-17(20-10-13)23-7-5-22(11-24)6-8-23/h2-4,9-11H,5-8H2,1H3,(H,21,25). The number of amides is 2. The van der Waals surface area contributed by atoms with Crippen molar-refractivity contribution >= 4 is 35.6 Å². The van der Waals surface area contributed by atoms with Crippen LogP contribution in [0.5, 0.6) is 0 Å². The van der Waals surface area contributed by atoms with Crippen LogP contribution in [0.1, 0.15) is 15.9 Å². The van der Waals surface area contributed by atoms with Crippen LogP contribution in [-0.2, 0) is 4.79 Å². The lowest BCUT2D eigenvalue weighted by atomic mass is 10.2. The summed E-state index contributed by atoms with van der Waals surface area (Å²) in [6.07, 6.45) is 3.86. The van der Waals surface area contributed by atoms with E-state index in [-0.39, 0.29) is 5.91 Å². The molecule has 1 aliphatic heterocycles. The number of anilines is 2. The molecule has 0 atom stereocenters. The Kier molecular flexibility index (Phi) is 5.14. The molecule has 3 rings (SSSR count). The molecule has 2 aromatic rings. The average Bonchev–Trinajstić information content (AvgIpc) is 2.65. The minimum absolute atomic E-state index is 0.289. The van der Waals surface area contributed by atoms with Crippen LogP contribution in [0.15, 0.2) is 30.6 Å².